The summed E-state index contributed by atoms with van der Waals surface area (Å²) in [5, 5.41) is 9.49. The largest absolute Gasteiger partial charge is 0.508 e. The molecule has 0 fully saturated rings. The molecule has 0 bridgehead atoms. The number of H-pyrrole nitrogens is 1. The molecule has 0 aliphatic carbocycles. The lowest BCUT2D eigenvalue weighted by atomic mass is 10.2. The number of ether oxygens (including phenoxy) is 1. The Morgan fingerprint density at radius 1 is 1.21 bits per heavy atom. The molecule has 3 aromatic rings. The van der Waals surface area contributed by atoms with Crippen LogP contribution in [0.2, 0.25) is 0 Å². The third kappa shape index (κ3) is 2.22. The molecule has 5 nitrogen and oxygen atoms in total. The average Bonchev–Trinajstić information content (AvgIpc) is 2.82. The highest BCUT2D eigenvalue weighted by molar-refractivity contribution is 5.76. The van der Waals surface area contributed by atoms with Crippen LogP contribution in [0.1, 0.15) is 6.92 Å². The summed E-state index contributed by atoms with van der Waals surface area (Å²) in [6.07, 6.45) is 0. The number of aromatic nitrogens is 3. The maximum absolute atomic E-state index is 9.49. The van der Waals surface area contributed by atoms with Gasteiger partial charge in [-0.3, -0.25) is 0 Å². The first-order valence-electron chi connectivity index (χ1n) is 6.05. The van der Waals surface area contributed by atoms with Crippen molar-refractivity contribution < 1.29 is 9.84 Å². The summed E-state index contributed by atoms with van der Waals surface area (Å²) < 4.78 is 5.34. The predicted molar refractivity (Wildman–Crippen MR) is 72.2 cm³/mol. The molecular formula is C14H13N3O2. The highest BCUT2D eigenvalue weighted by Crippen LogP contribution is 2.23. The zero-order valence-electron chi connectivity index (χ0n) is 10.4. The number of phenols is 1. The van der Waals surface area contributed by atoms with Crippen molar-refractivity contribution in [1.82, 2.24) is 15.0 Å². The van der Waals surface area contributed by atoms with Crippen molar-refractivity contribution in [3.05, 3.63) is 36.4 Å². The van der Waals surface area contributed by atoms with E-state index in [4.69, 9.17) is 4.74 Å². The summed E-state index contributed by atoms with van der Waals surface area (Å²) >= 11 is 0. The minimum absolute atomic E-state index is 0.209. The van der Waals surface area contributed by atoms with Crippen LogP contribution >= 0.6 is 0 Å². The Morgan fingerprint density at radius 2 is 2.11 bits per heavy atom. The van der Waals surface area contributed by atoms with Crippen molar-refractivity contribution in [2.45, 2.75) is 6.92 Å². The molecular weight excluding hydrogens is 242 g/mol. The Bertz CT molecular complexity index is 722. The summed E-state index contributed by atoms with van der Waals surface area (Å²) in [6, 6.07) is 10.6. The van der Waals surface area contributed by atoms with Gasteiger partial charge in [0.1, 0.15) is 11.6 Å². The number of phenolic OH excluding ortho intramolecular Hbond substituents is 1. The first-order chi connectivity index (χ1) is 9.26. The molecule has 0 unspecified atom stereocenters. The summed E-state index contributed by atoms with van der Waals surface area (Å²) in [4.78, 5) is 11.9. The summed E-state index contributed by atoms with van der Waals surface area (Å²) in [5.74, 6) is 1.44. The van der Waals surface area contributed by atoms with Crippen molar-refractivity contribution in [3.8, 4) is 23.0 Å². The van der Waals surface area contributed by atoms with Crippen molar-refractivity contribution in [1.29, 1.82) is 0 Å². The number of nitrogens with one attached hydrogen (secondary N) is 1. The van der Waals surface area contributed by atoms with Crippen molar-refractivity contribution >= 4 is 11.2 Å². The van der Waals surface area contributed by atoms with Gasteiger partial charge in [-0.05, 0) is 25.1 Å². The SMILES string of the molecule is CCOc1ccc2[nH]c(-c3cccc(O)c3)nc2n1. The number of hydrogen-bond donors (Lipinski definition) is 2. The van der Waals surface area contributed by atoms with Crippen LogP contribution < -0.4 is 4.74 Å². The third-order valence-corrected chi connectivity index (χ3v) is 2.73. The Morgan fingerprint density at radius 3 is 2.89 bits per heavy atom. The maximum atomic E-state index is 9.49. The number of nitrogens with zero attached hydrogens (tertiary/aromatic N) is 2. The van der Waals surface area contributed by atoms with Crippen LogP contribution in [0.5, 0.6) is 11.6 Å². The second-order valence-corrected chi connectivity index (χ2v) is 4.09. The van der Waals surface area contributed by atoms with E-state index in [1.165, 1.54) is 0 Å². The Kier molecular flexibility index (Phi) is 2.79. The fourth-order valence-electron chi connectivity index (χ4n) is 1.89. The van der Waals surface area contributed by atoms with Crippen LogP contribution in [0.25, 0.3) is 22.6 Å². The van der Waals surface area contributed by atoms with Gasteiger partial charge in [0, 0.05) is 11.6 Å². The van der Waals surface area contributed by atoms with Gasteiger partial charge in [-0.25, -0.2) is 4.98 Å². The van der Waals surface area contributed by atoms with E-state index in [1.54, 1.807) is 24.3 Å². The minimum atomic E-state index is 0.209. The second-order valence-electron chi connectivity index (χ2n) is 4.09. The van der Waals surface area contributed by atoms with Gasteiger partial charge < -0.3 is 14.8 Å². The zero-order valence-corrected chi connectivity index (χ0v) is 10.4. The standard InChI is InChI=1S/C14H13N3O2/c1-2-19-12-7-6-11-14(16-12)17-13(15-11)9-4-3-5-10(18)8-9/h3-8,18H,2H2,1H3,(H,15,16,17). The molecule has 1 aromatic carbocycles. The van der Waals surface area contributed by atoms with E-state index < -0.39 is 0 Å². The van der Waals surface area contributed by atoms with Gasteiger partial charge in [0.2, 0.25) is 5.88 Å². The number of pyridine rings is 1. The number of aromatic hydroxyl groups is 1. The normalized spacial score (nSPS) is 10.8. The molecule has 96 valence electrons. The topological polar surface area (TPSA) is 71.0 Å². The Hall–Kier alpha value is -2.56. The molecule has 0 spiro atoms. The number of rotatable bonds is 3. The van der Waals surface area contributed by atoms with E-state index in [1.807, 2.05) is 19.1 Å². The molecule has 0 amide bonds. The van der Waals surface area contributed by atoms with E-state index in [-0.39, 0.29) is 5.75 Å². The lowest BCUT2D eigenvalue weighted by Crippen LogP contribution is -1.93. The van der Waals surface area contributed by atoms with Gasteiger partial charge in [-0.1, -0.05) is 12.1 Å². The van der Waals surface area contributed by atoms with Crippen LogP contribution in [0.15, 0.2) is 36.4 Å². The van der Waals surface area contributed by atoms with Crippen LogP contribution in [-0.4, -0.2) is 26.7 Å². The lowest BCUT2D eigenvalue weighted by molar-refractivity contribution is 0.328. The summed E-state index contributed by atoms with van der Waals surface area (Å²) in [6.45, 7) is 2.48. The fourth-order valence-corrected chi connectivity index (χ4v) is 1.89. The smallest absolute Gasteiger partial charge is 0.215 e. The van der Waals surface area contributed by atoms with Crippen LogP contribution in [0.4, 0.5) is 0 Å². The zero-order chi connectivity index (χ0) is 13.2. The van der Waals surface area contributed by atoms with Crippen LogP contribution in [0, 0.1) is 0 Å². The highest BCUT2D eigenvalue weighted by atomic mass is 16.5. The number of hydrogen-bond acceptors (Lipinski definition) is 4. The molecule has 2 N–H and O–H groups in total. The monoisotopic (exact) mass is 255 g/mol. The van der Waals surface area contributed by atoms with Gasteiger partial charge in [0.25, 0.3) is 0 Å². The van der Waals surface area contributed by atoms with Gasteiger partial charge in [-0.2, -0.15) is 4.98 Å². The molecule has 19 heavy (non-hydrogen) atoms. The molecule has 0 aliphatic heterocycles. The third-order valence-electron chi connectivity index (χ3n) is 2.73. The Balaban J connectivity index is 2.06. The molecule has 0 radical (unpaired) electrons. The van der Waals surface area contributed by atoms with Crippen molar-refractivity contribution in [2.75, 3.05) is 6.61 Å². The average molecular weight is 255 g/mol. The van der Waals surface area contributed by atoms with Gasteiger partial charge >= 0.3 is 0 Å². The molecule has 0 atom stereocenters. The van der Waals surface area contributed by atoms with E-state index >= 15 is 0 Å². The van der Waals surface area contributed by atoms with E-state index in [0.717, 1.165) is 11.1 Å². The molecule has 5 heteroatoms. The van der Waals surface area contributed by atoms with E-state index in [9.17, 15) is 5.11 Å². The predicted octanol–water partition coefficient (Wildman–Crippen LogP) is 2.73. The number of aromatic amines is 1. The van der Waals surface area contributed by atoms with Gasteiger partial charge in [0.05, 0.1) is 12.1 Å². The highest BCUT2D eigenvalue weighted by Gasteiger charge is 2.08. The molecule has 3 rings (SSSR count). The lowest BCUT2D eigenvalue weighted by Gasteiger charge is -1.99. The summed E-state index contributed by atoms with van der Waals surface area (Å²) in [7, 11) is 0. The number of benzene rings is 1. The van der Waals surface area contributed by atoms with E-state index in [2.05, 4.69) is 15.0 Å². The molecule has 2 aromatic heterocycles. The molecule has 2 heterocycles. The molecule has 0 saturated heterocycles. The fraction of sp³-hybridized carbons (Fsp3) is 0.143. The molecule has 0 saturated carbocycles. The number of imidazole rings is 1. The quantitative estimate of drug-likeness (QED) is 0.754. The first kappa shape index (κ1) is 11.5. The summed E-state index contributed by atoms with van der Waals surface area (Å²) in [5.41, 5.74) is 2.25. The van der Waals surface area contributed by atoms with Crippen LogP contribution in [0.3, 0.4) is 0 Å². The van der Waals surface area contributed by atoms with E-state index in [0.29, 0.717) is 24.0 Å². The van der Waals surface area contributed by atoms with Crippen molar-refractivity contribution in [2.24, 2.45) is 0 Å². The number of fused-ring (bicyclic) bond motifs is 1. The second kappa shape index (κ2) is 4.61. The van der Waals surface area contributed by atoms with Gasteiger partial charge in [-0.15, -0.1) is 0 Å². The first-order valence-corrected chi connectivity index (χ1v) is 6.05. The maximum Gasteiger partial charge on any atom is 0.215 e. The molecule has 0 aliphatic rings. The Labute approximate surface area is 109 Å². The van der Waals surface area contributed by atoms with Crippen LogP contribution in [-0.2, 0) is 0 Å². The minimum Gasteiger partial charge on any atom is -0.508 e. The van der Waals surface area contributed by atoms with Crippen molar-refractivity contribution in [3.63, 3.8) is 0 Å². The van der Waals surface area contributed by atoms with Gasteiger partial charge in [0.15, 0.2) is 5.65 Å².